The van der Waals surface area contributed by atoms with E-state index in [9.17, 15) is 18.6 Å². The molecule has 2 N–H and O–H groups in total. The molecule has 40 heavy (non-hydrogen) atoms. The SMILES string of the molecule is O=C(CCSCO)OCSCCSCSC(=O)CSCCSCCS(=O)CSCCSCOC(=O)CCSCO. The van der Waals surface area contributed by atoms with Crippen molar-refractivity contribution in [1.82, 2.24) is 0 Å². The fourth-order valence-corrected chi connectivity index (χ4v) is 11.8. The maximum Gasteiger partial charge on any atom is 0.307 e. The van der Waals surface area contributed by atoms with Crippen molar-refractivity contribution in [3.8, 4) is 0 Å². The molecule has 0 saturated heterocycles. The summed E-state index contributed by atoms with van der Waals surface area (Å²) in [6, 6.07) is 0. The van der Waals surface area contributed by atoms with Crippen LogP contribution in [0, 0.1) is 0 Å². The maximum atomic E-state index is 12.1. The Morgan fingerprint density at radius 3 is 1.73 bits per heavy atom. The first-order valence-corrected chi connectivity index (χ1v) is 23.9. The summed E-state index contributed by atoms with van der Waals surface area (Å²) >= 11 is 13.8. The molecule has 0 radical (unpaired) electrons. The van der Waals surface area contributed by atoms with Gasteiger partial charge in [-0.3, -0.25) is 18.6 Å². The van der Waals surface area contributed by atoms with E-state index in [2.05, 4.69) is 0 Å². The summed E-state index contributed by atoms with van der Waals surface area (Å²) in [6.45, 7) is 0. The number of thioether (sulfide) groups is 9. The molecular formula is C22H40O8S10. The van der Waals surface area contributed by atoms with Crippen LogP contribution in [0.3, 0.4) is 0 Å². The molecule has 0 aromatic carbocycles. The Bertz CT molecular complexity index is 663. The number of carbonyl (C=O) groups excluding carboxylic acids is 3. The van der Waals surface area contributed by atoms with Crippen LogP contribution in [0.25, 0.3) is 0 Å². The Kier molecular flexibility index (Phi) is 35.3. The Morgan fingerprint density at radius 1 is 0.600 bits per heavy atom. The van der Waals surface area contributed by atoms with Crippen LogP contribution in [-0.2, 0) is 34.7 Å². The molecule has 1 unspecified atom stereocenters. The molecular weight excluding hydrogens is 713 g/mol. The minimum absolute atomic E-state index is 0.0143. The summed E-state index contributed by atoms with van der Waals surface area (Å²) in [5.74, 6) is 8.70. The minimum atomic E-state index is -0.840. The Hall–Kier alpha value is 1.83. The fourth-order valence-electron chi connectivity index (χ4n) is 2.10. The van der Waals surface area contributed by atoms with Gasteiger partial charge in [-0.25, -0.2) is 0 Å². The molecule has 0 rings (SSSR count). The van der Waals surface area contributed by atoms with Gasteiger partial charge in [0.2, 0.25) is 0 Å². The third-order valence-electron chi connectivity index (χ3n) is 4.00. The molecule has 0 aromatic rings. The Morgan fingerprint density at radius 2 is 1.12 bits per heavy atom. The van der Waals surface area contributed by atoms with E-state index in [-0.39, 0.29) is 28.9 Å². The summed E-state index contributed by atoms with van der Waals surface area (Å²) in [4.78, 5) is 34.8. The summed E-state index contributed by atoms with van der Waals surface area (Å²) in [7, 11) is -0.840. The Labute approximate surface area is 279 Å². The highest BCUT2D eigenvalue weighted by Crippen LogP contribution is 2.18. The van der Waals surface area contributed by atoms with E-state index in [1.165, 1.54) is 35.3 Å². The largest absolute Gasteiger partial charge is 0.455 e. The van der Waals surface area contributed by atoms with Crippen molar-refractivity contribution < 1.29 is 38.3 Å². The molecule has 0 aliphatic carbocycles. The van der Waals surface area contributed by atoms with Gasteiger partial charge in [-0.1, -0.05) is 11.8 Å². The predicted molar refractivity (Wildman–Crippen MR) is 190 cm³/mol. The molecule has 0 saturated carbocycles. The number of aliphatic hydroxyl groups excluding tert-OH is 2. The van der Waals surface area contributed by atoms with Crippen molar-refractivity contribution in [2.75, 3.05) is 97.2 Å². The molecule has 0 spiro atoms. The highest BCUT2D eigenvalue weighted by Gasteiger charge is 2.06. The van der Waals surface area contributed by atoms with Crippen LogP contribution < -0.4 is 0 Å². The van der Waals surface area contributed by atoms with E-state index < -0.39 is 10.8 Å². The van der Waals surface area contributed by atoms with Gasteiger partial charge in [0.05, 0.1) is 35.6 Å². The highest BCUT2D eigenvalue weighted by molar-refractivity contribution is 8.25. The average Bonchev–Trinajstić information content (AvgIpc) is 2.93. The third-order valence-corrected chi connectivity index (χ3v) is 15.0. The minimum Gasteiger partial charge on any atom is -0.455 e. The summed E-state index contributed by atoms with van der Waals surface area (Å²) in [6.07, 6.45) is 0.624. The van der Waals surface area contributed by atoms with Crippen LogP contribution in [0.15, 0.2) is 0 Å². The van der Waals surface area contributed by atoms with E-state index in [0.29, 0.717) is 52.8 Å². The Balaban J connectivity index is 3.36. The molecule has 0 aliphatic heterocycles. The van der Waals surface area contributed by atoms with Crippen LogP contribution in [0.4, 0.5) is 0 Å². The molecule has 8 nitrogen and oxygen atoms in total. The molecule has 0 aliphatic rings. The van der Waals surface area contributed by atoms with Gasteiger partial charge in [-0.05, 0) is 0 Å². The number of esters is 2. The first kappa shape index (κ1) is 41.8. The molecule has 0 heterocycles. The van der Waals surface area contributed by atoms with Crippen molar-refractivity contribution >= 4 is 134 Å². The van der Waals surface area contributed by atoms with Gasteiger partial charge in [-0.15, -0.1) is 70.6 Å². The van der Waals surface area contributed by atoms with E-state index in [4.69, 9.17) is 19.7 Å². The van der Waals surface area contributed by atoms with Crippen molar-refractivity contribution in [2.45, 2.75) is 12.8 Å². The van der Waals surface area contributed by atoms with Crippen molar-refractivity contribution in [2.24, 2.45) is 0 Å². The zero-order valence-corrected chi connectivity index (χ0v) is 30.5. The standard InChI is InChI=1S/C22H40O8S10/c23-14-33-3-1-20(25)29-16-35-7-9-37-18-39-22(27)13-32-6-5-31-11-12-40(28)19-38-10-8-36-17-30-21(26)2-4-34-15-24/h23-24H,1-19H2. The molecule has 0 amide bonds. The van der Waals surface area contributed by atoms with Crippen molar-refractivity contribution in [1.29, 1.82) is 0 Å². The second kappa shape index (κ2) is 33.7. The molecule has 1 atom stereocenters. The predicted octanol–water partition coefficient (Wildman–Crippen LogP) is 4.46. The first-order chi connectivity index (χ1) is 19.5. The third kappa shape index (κ3) is 32.7. The molecule has 0 fully saturated rings. The van der Waals surface area contributed by atoms with Crippen molar-refractivity contribution in [3.63, 3.8) is 0 Å². The highest BCUT2D eigenvalue weighted by atomic mass is 32.2. The van der Waals surface area contributed by atoms with Crippen LogP contribution in [0.2, 0.25) is 0 Å². The zero-order chi connectivity index (χ0) is 29.5. The van der Waals surface area contributed by atoms with Gasteiger partial charge in [0.25, 0.3) is 0 Å². The van der Waals surface area contributed by atoms with E-state index >= 15 is 0 Å². The van der Waals surface area contributed by atoms with E-state index in [1.807, 2.05) is 0 Å². The van der Waals surface area contributed by atoms with Crippen LogP contribution >= 0.6 is 106 Å². The summed E-state index contributed by atoms with van der Waals surface area (Å²) in [5.41, 5.74) is 0. The van der Waals surface area contributed by atoms with Crippen LogP contribution in [0.1, 0.15) is 12.8 Å². The second-order valence-corrected chi connectivity index (χ2v) is 19.2. The smallest absolute Gasteiger partial charge is 0.307 e. The van der Waals surface area contributed by atoms with E-state index in [0.717, 1.165) is 45.4 Å². The molecule has 0 aromatic heterocycles. The topological polar surface area (TPSA) is 127 Å². The van der Waals surface area contributed by atoms with Crippen molar-refractivity contribution in [3.05, 3.63) is 0 Å². The van der Waals surface area contributed by atoms with Gasteiger partial charge in [-0.2, -0.15) is 23.5 Å². The number of ether oxygens (including phenoxy) is 2. The monoisotopic (exact) mass is 752 g/mol. The maximum absolute atomic E-state index is 12.1. The molecule has 0 bridgehead atoms. The van der Waals surface area contributed by atoms with Gasteiger partial charge < -0.3 is 19.7 Å². The number of carbonyl (C=O) groups is 3. The van der Waals surface area contributed by atoms with E-state index in [1.54, 1.807) is 70.6 Å². The number of hydrogen-bond donors (Lipinski definition) is 2. The van der Waals surface area contributed by atoms with Gasteiger partial charge >= 0.3 is 11.9 Å². The molecule has 236 valence electrons. The zero-order valence-electron chi connectivity index (χ0n) is 22.4. The summed E-state index contributed by atoms with van der Waals surface area (Å²) < 4.78 is 22.3. The number of rotatable bonds is 30. The fraction of sp³-hybridized carbons (Fsp3) is 0.864. The van der Waals surface area contributed by atoms with Crippen LogP contribution in [-0.4, -0.2) is 129 Å². The molecule has 18 heteroatoms. The first-order valence-electron chi connectivity index (χ1n) is 12.1. The lowest BCUT2D eigenvalue weighted by molar-refractivity contribution is -0.141. The number of hydrogen-bond acceptors (Lipinski definition) is 17. The van der Waals surface area contributed by atoms with Gasteiger partial charge in [0, 0.05) is 73.4 Å². The summed E-state index contributed by atoms with van der Waals surface area (Å²) in [5, 5.41) is 18.8. The second-order valence-electron chi connectivity index (χ2n) is 7.04. The van der Waals surface area contributed by atoms with Gasteiger partial charge in [0.15, 0.2) is 5.12 Å². The lowest BCUT2D eigenvalue weighted by Gasteiger charge is -2.05. The normalized spacial score (nSPS) is 11.8. The number of aliphatic hydroxyl groups is 2. The van der Waals surface area contributed by atoms with Crippen LogP contribution in [0.5, 0.6) is 0 Å². The average molecular weight is 753 g/mol. The lowest BCUT2D eigenvalue weighted by atomic mass is 10.5. The lowest BCUT2D eigenvalue weighted by Crippen LogP contribution is -2.06. The van der Waals surface area contributed by atoms with Gasteiger partial charge in [0.1, 0.15) is 11.9 Å². The quantitative estimate of drug-likeness (QED) is 0.0609.